The number of H-pyrrole nitrogens is 1. The number of hydrogen-bond donors (Lipinski definition) is 1. The average Bonchev–Trinajstić information content (AvgIpc) is 3.25. The molecule has 2 aromatic heterocycles. The van der Waals surface area contributed by atoms with E-state index in [4.69, 9.17) is 4.42 Å². The van der Waals surface area contributed by atoms with Crippen LogP contribution in [0, 0.1) is 0 Å². The number of para-hydroxylation sites is 1. The number of fused-ring (bicyclic) bond motifs is 1. The van der Waals surface area contributed by atoms with Crippen LogP contribution in [0.1, 0.15) is 35.1 Å². The molecule has 3 heterocycles. The highest BCUT2D eigenvalue weighted by Gasteiger charge is 2.33. The highest BCUT2D eigenvalue weighted by molar-refractivity contribution is 6.06. The van der Waals surface area contributed by atoms with Gasteiger partial charge in [0, 0.05) is 24.3 Å². The Morgan fingerprint density at radius 2 is 2.29 bits per heavy atom. The van der Waals surface area contributed by atoms with Crippen LogP contribution in [-0.4, -0.2) is 27.3 Å². The normalized spacial score (nSPS) is 18.5. The monoisotopic (exact) mass is 281 g/mol. The maximum absolute atomic E-state index is 12.9. The van der Waals surface area contributed by atoms with Gasteiger partial charge in [0.25, 0.3) is 5.91 Å². The van der Waals surface area contributed by atoms with Gasteiger partial charge < -0.3 is 14.3 Å². The third-order valence-corrected chi connectivity index (χ3v) is 4.06. The first-order valence-corrected chi connectivity index (χ1v) is 7.11. The van der Waals surface area contributed by atoms with Crippen LogP contribution in [0.25, 0.3) is 11.0 Å². The van der Waals surface area contributed by atoms with E-state index in [0.29, 0.717) is 5.56 Å². The van der Waals surface area contributed by atoms with E-state index >= 15 is 0 Å². The summed E-state index contributed by atoms with van der Waals surface area (Å²) in [5.74, 6) is 0.868. The number of likely N-dealkylation sites (tertiary alicyclic amines) is 1. The first kappa shape index (κ1) is 12.2. The number of carbonyl (C=O) groups is 1. The van der Waals surface area contributed by atoms with Crippen LogP contribution in [-0.2, 0) is 0 Å². The van der Waals surface area contributed by atoms with Crippen molar-refractivity contribution >= 4 is 16.9 Å². The van der Waals surface area contributed by atoms with Crippen molar-refractivity contribution in [1.29, 1.82) is 0 Å². The van der Waals surface area contributed by atoms with E-state index < -0.39 is 0 Å². The van der Waals surface area contributed by atoms with Crippen LogP contribution < -0.4 is 0 Å². The van der Waals surface area contributed by atoms with Crippen molar-refractivity contribution < 1.29 is 9.21 Å². The van der Waals surface area contributed by atoms with Crippen molar-refractivity contribution in [2.45, 2.75) is 18.9 Å². The van der Waals surface area contributed by atoms with Gasteiger partial charge in [-0.1, -0.05) is 18.2 Å². The Morgan fingerprint density at radius 3 is 3.14 bits per heavy atom. The zero-order chi connectivity index (χ0) is 14.2. The van der Waals surface area contributed by atoms with Gasteiger partial charge in [0.05, 0.1) is 11.6 Å². The summed E-state index contributed by atoms with van der Waals surface area (Å²) >= 11 is 0. The third kappa shape index (κ3) is 1.93. The van der Waals surface area contributed by atoms with E-state index in [9.17, 15) is 4.79 Å². The van der Waals surface area contributed by atoms with Crippen molar-refractivity contribution in [3.63, 3.8) is 0 Å². The topological polar surface area (TPSA) is 62.1 Å². The molecule has 0 spiro atoms. The highest BCUT2D eigenvalue weighted by Crippen LogP contribution is 2.32. The molecule has 1 N–H and O–H groups in total. The minimum Gasteiger partial charge on any atom is -0.463 e. The van der Waals surface area contributed by atoms with E-state index in [-0.39, 0.29) is 11.9 Å². The van der Waals surface area contributed by atoms with Crippen molar-refractivity contribution in [1.82, 2.24) is 14.9 Å². The zero-order valence-corrected chi connectivity index (χ0v) is 11.5. The molecule has 1 aliphatic heterocycles. The second-order valence-electron chi connectivity index (χ2n) is 5.28. The van der Waals surface area contributed by atoms with Crippen molar-refractivity contribution in [3.05, 3.63) is 54.3 Å². The fourth-order valence-electron chi connectivity index (χ4n) is 3.05. The third-order valence-electron chi connectivity index (χ3n) is 4.06. The smallest absolute Gasteiger partial charge is 0.258 e. The van der Waals surface area contributed by atoms with Crippen LogP contribution in [0.3, 0.4) is 0 Å². The first-order valence-electron chi connectivity index (χ1n) is 7.11. The SMILES string of the molecule is O=C(c1coc2ccccc12)N1CCCC1c1ncc[nH]1. The molecule has 5 heteroatoms. The number of benzene rings is 1. The molecule has 1 fully saturated rings. The summed E-state index contributed by atoms with van der Waals surface area (Å²) in [6, 6.07) is 7.65. The predicted molar refractivity (Wildman–Crippen MR) is 77.8 cm³/mol. The number of rotatable bonds is 2. The number of aromatic nitrogens is 2. The average molecular weight is 281 g/mol. The summed E-state index contributed by atoms with van der Waals surface area (Å²) in [6.45, 7) is 0.754. The minimum atomic E-state index is 0.0128. The Morgan fingerprint density at radius 1 is 1.38 bits per heavy atom. The molecule has 0 aliphatic carbocycles. The number of hydrogen-bond acceptors (Lipinski definition) is 3. The summed E-state index contributed by atoms with van der Waals surface area (Å²) in [6.07, 6.45) is 7.01. The fraction of sp³-hybridized carbons (Fsp3) is 0.250. The lowest BCUT2D eigenvalue weighted by Crippen LogP contribution is -2.30. The molecular formula is C16H15N3O2. The van der Waals surface area contributed by atoms with E-state index in [1.165, 1.54) is 0 Å². The van der Waals surface area contributed by atoms with Gasteiger partial charge in [0.15, 0.2) is 0 Å². The van der Waals surface area contributed by atoms with Crippen molar-refractivity contribution in [2.75, 3.05) is 6.54 Å². The summed E-state index contributed by atoms with van der Waals surface area (Å²) in [5.41, 5.74) is 1.37. The number of nitrogens with zero attached hydrogens (tertiary/aromatic N) is 2. The lowest BCUT2D eigenvalue weighted by molar-refractivity contribution is 0.0731. The van der Waals surface area contributed by atoms with Crippen molar-refractivity contribution in [2.24, 2.45) is 0 Å². The molecule has 106 valence electrons. The Hall–Kier alpha value is -2.56. The molecule has 1 unspecified atom stereocenters. The van der Waals surface area contributed by atoms with Crippen LogP contribution in [0.2, 0.25) is 0 Å². The van der Waals surface area contributed by atoms with Gasteiger partial charge in [-0.25, -0.2) is 4.98 Å². The predicted octanol–water partition coefficient (Wildman–Crippen LogP) is 3.13. The van der Waals surface area contributed by atoms with Gasteiger partial charge in [-0.2, -0.15) is 0 Å². The van der Waals surface area contributed by atoms with Crippen LogP contribution in [0.5, 0.6) is 0 Å². The van der Waals surface area contributed by atoms with Gasteiger partial charge in [-0.15, -0.1) is 0 Å². The lowest BCUT2D eigenvalue weighted by Gasteiger charge is -2.22. The number of nitrogens with one attached hydrogen (secondary N) is 1. The lowest BCUT2D eigenvalue weighted by atomic mass is 10.1. The fourth-order valence-corrected chi connectivity index (χ4v) is 3.05. The Labute approximate surface area is 121 Å². The van der Waals surface area contributed by atoms with Crippen molar-refractivity contribution in [3.8, 4) is 0 Å². The Balaban J connectivity index is 1.71. The molecule has 1 aliphatic rings. The molecule has 0 bridgehead atoms. The molecule has 1 amide bonds. The molecule has 4 rings (SSSR count). The number of furan rings is 1. The maximum atomic E-state index is 12.9. The molecule has 1 saturated heterocycles. The quantitative estimate of drug-likeness (QED) is 0.785. The van der Waals surface area contributed by atoms with Gasteiger partial charge in [0.1, 0.15) is 17.7 Å². The molecule has 5 nitrogen and oxygen atoms in total. The molecule has 1 atom stereocenters. The standard InChI is InChI=1S/C16H15N3O2/c20-16(12-10-21-14-6-2-1-4-11(12)14)19-9-3-5-13(19)15-17-7-8-18-15/h1-2,4,6-8,10,13H,3,5,9H2,(H,17,18). The maximum Gasteiger partial charge on any atom is 0.258 e. The summed E-state index contributed by atoms with van der Waals surface area (Å²) < 4.78 is 5.48. The second kappa shape index (κ2) is 4.77. The number of aromatic amines is 1. The molecular weight excluding hydrogens is 266 g/mol. The molecule has 3 aromatic rings. The highest BCUT2D eigenvalue weighted by atomic mass is 16.3. The van der Waals surface area contributed by atoms with E-state index in [2.05, 4.69) is 9.97 Å². The van der Waals surface area contributed by atoms with Gasteiger partial charge >= 0.3 is 0 Å². The molecule has 1 aromatic carbocycles. The zero-order valence-electron chi connectivity index (χ0n) is 11.5. The number of carbonyl (C=O) groups excluding carboxylic acids is 1. The summed E-state index contributed by atoms with van der Waals surface area (Å²) in [5, 5.41) is 0.868. The van der Waals surface area contributed by atoms with E-state index in [1.807, 2.05) is 29.2 Å². The van der Waals surface area contributed by atoms with E-state index in [0.717, 1.165) is 36.2 Å². The second-order valence-corrected chi connectivity index (χ2v) is 5.28. The first-order chi connectivity index (χ1) is 10.3. The summed E-state index contributed by atoms with van der Waals surface area (Å²) in [4.78, 5) is 22.2. The Bertz CT molecular complexity index is 776. The summed E-state index contributed by atoms with van der Waals surface area (Å²) in [7, 11) is 0. The minimum absolute atomic E-state index is 0.0128. The molecule has 0 saturated carbocycles. The van der Waals surface area contributed by atoms with Crippen LogP contribution in [0.4, 0.5) is 0 Å². The van der Waals surface area contributed by atoms with Crippen LogP contribution >= 0.6 is 0 Å². The molecule has 21 heavy (non-hydrogen) atoms. The Kier molecular flexibility index (Phi) is 2.77. The number of amides is 1. The largest absolute Gasteiger partial charge is 0.463 e. The van der Waals surface area contributed by atoms with Gasteiger partial charge in [0.2, 0.25) is 0 Å². The van der Waals surface area contributed by atoms with E-state index in [1.54, 1.807) is 18.7 Å². The number of imidazole rings is 1. The van der Waals surface area contributed by atoms with Crippen LogP contribution in [0.15, 0.2) is 47.3 Å². The van der Waals surface area contributed by atoms with Gasteiger partial charge in [-0.3, -0.25) is 4.79 Å². The van der Waals surface area contributed by atoms with Gasteiger partial charge in [-0.05, 0) is 18.9 Å². The molecule has 0 radical (unpaired) electrons.